The minimum Gasteiger partial charge on any atom is -0.421 e. The Morgan fingerprint density at radius 2 is 2.05 bits per heavy atom. The number of nitrogens with one attached hydrogen (secondary N) is 1. The molecule has 2 N–H and O–H groups in total. The van der Waals surface area contributed by atoms with Crippen molar-refractivity contribution in [1.29, 1.82) is 0 Å². The number of alkyl halides is 3. The molecule has 0 aliphatic carbocycles. The number of ether oxygens (including phenoxy) is 1. The average molecular weight is 533 g/mol. The highest BCUT2D eigenvalue weighted by atomic mass is 19.4. The second-order valence-electron chi connectivity index (χ2n) is 9.36. The maximum Gasteiger partial charge on any atom is 0.435 e. The number of hydrogen-bond acceptors (Lipinski definition) is 9. The van der Waals surface area contributed by atoms with Crippen molar-refractivity contribution >= 4 is 23.4 Å². The van der Waals surface area contributed by atoms with E-state index in [1.54, 1.807) is 42.8 Å². The predicted molar refractivity (Wildman–Crippen MR) is 131 cm³/mol. The summed E-state index contributed by atoms with van der Waals surface area (Å²) < 4.78 is 45.6. The molecule has 3 aromatic heterocycles. The molecule has 0 spiro atoms. The lowest BCUT2D eigenvalue weighted by Gasteiger charge is -2.47. The van der Waals surface area contributed by atoms with Gasteiger partial charge < -0.3 is 25.0 Å². The van der Waals surface area contributed by atoms with Gasteiger partial charge in [0.1, 0.15) is 11.2 Å². The number of pyridine rings is 1. The molecule has 5 heterocycles. The monoisotopic (exact) mass is 532 g/mol. The molecular weight excluding hydrogens is 505 g/mol. The first-order chi connectivity index (χ1) is 18.0. The van der Waals surface area contributed by atoms with Crippen molar-refractivity contribution in [2.45, 2.75) is 51.5 Å². The van der Waals surface area contributed by atoms with Crippen molar-refractivity contribution in [1.82, 2.24) is 24.7 Å². The molecule has 5 rings (SSSR count). The third-order valence-corrected chi connectivity index (χ3v) is 6.87. The second-order valence-corrected chi connectivity index (χ2v) is 9.36. The van der Waals surface area contributed by atoms with E-state index >= 15 is 0 Å². The van der Waals surface area contributed by atoms with Crippen LogP contribution >= 0.6 is 0 Å². The Bertz CT molecular complexity index is 1360. The summed E-state index contributed by atoms with van der Waals surface area (Å²) in [6, 6.07) is 4.12. The zero-order valence-electron chi connectivity index (χ0n) is 21.1. The van der Waals surface area contributed by atoms with Crippen LogP contribution in [0.25, 0.3) is 0 Å². The highest BCUT2D eigenvalue weighted by Crippen LogP contribution is 2.43. The van der Waals surface area contributed by atoms with Crippen LogP contribution in [-0.2, 0) is 30.5 Å². The van der Waals surface area contributed by atoms with Crippen molar-refractivity contribution in [3.05, 3.63) is 41.3 Å². The van der Waals surface area contributed by atoms with E-state index in [1.807, 2.05) is 0 Å². The van der Waals surface area contributed by atoms with E-state index in [9.17, 15) is 23.1 Å². The highest BCUT2D eigenvalue weighted by Gasteiger charge is 2.48. The normalized spacial score (nSPS) is 19.0. The zero-order valence-corrected chi connectivity index (χ0v) is 21.1. The number of aryl methyl sites for hydroxylation is 2. The first-order valence-corrected chi connectivity index (χ1v) is 12.1. The van der Waals surface area contributed by atoms with Crippen LogP contribution in [0.1, 0.15) is 37.2 Å². The van der Waals surface area contributed by atoms with Crippen molar-refractivity contribution in [2.24, 2.45) is 0 Å². The Labute approximate surface area is 216 Å². The number of aliphatic hydroxyl groups is 1. The van der Waals surface area contributed by atoms with Crippen LogP contribution in [0.15, 0.2) is 24.4 Å². The topological polar surface area (TPSA) is 122 Å². The van der Waals surface area contributed by atoms with Gasteiger partial charge in [0.2, 0.25) is 17.7 Å². The summed E-state index contributed by atoms with van der Waals surface area (Å²) >= 11 is 0. The van der Waals surface area contributed by atoms with E-state index in [0.29, 0.717) is 37.0 Å². The molecular formula is C24H27F3N8O3. The minimum atomic E-state index is -4.57. The molecule has 0 unspecified atom stereocenters. The summed E-state index contributed by atoms with van der Waals surface area (Å²) in [6.45, 7) is 4.08. The number of rotatable bonds is 7. The standard InChI is InChI=1S/C24H27F3N8O3/c1-4-35-18(10-16(32-35)24(25,26)27)38-17-8-7-14(11-28-17)12-29-22-30-15-6-5-9-34-19(15)20(31-22)33(3)23(2,13-36)21(34)37/h7-8,10-11,36H,4-6,9,12-13H2,1-3H3,(H,29,30,31)/t23-/m0/s1. The molecule has 0 bridgehead atoms. The van der Waals surface area contributed by atoms with Crippen molar-refractivity contribution in [3.8, 4) is 11.8 Å². The van der Waals surface area contributed by atoms with Crippen molar-refractivity contribution < 1.29 is 27.8 Å². The number of halogens is 3. The van der Waals surface area contributed by atoms with Gasteiger partial charge in [-0.1, -0.05) is 6.07 Å². The number of aliphatic hydroxyl groups excluding tert-OH is 1. The molecule has 2 aliphatic heterocycles. The van der Waals surface area contributed by atoms with Gasteiger partial charge >= 0.3 is 6.18 Å². The fraction of sp³-hybridized carbons (Fsp3) is 0.458. The molecule has 2 aliphatic rings. The Morgan fingerprint density at radius 3 is 2.71 bits per heavy atom. The molecule has 14 heteroatoms. The number of amides is 1. The van der Waals surface area contributed by atoms with E-state index in [-0.39, 0.29) is 30.8 Å². The maximum atomic E-state index is 13.1. The summed E-state index contributed by atoms with van der Waals surface area (Å²) in [5, 5.41) is 16.7. The molecule has 202 valence electrons. The zero-order chi connectivity index (χ0) is 27.2. The van der Waals surface area contributed by atoms with Gasteiger partial charge in [-0.3, -0.25) is 4.79 Å². The molecule has 3 aromatic rings. The van der Waals surface area contributed by atoms with Gasteiger partial charge in [-0.2, -0.15) is 23.3 Å². The van der Waals surface area contributed by atoms with E-state index in [4.69, 9.17) is 4.74 Å². The van der Waals surface area contributed by atoms with E-state index < -0.39 is 17.4 Å². The number of nitrogens with zero attached hydrogens (tertiary/aromatic N) is 7. The lowest BCUT2D eigenvalue weighted by atomic mass is 9.93. The molecule has 0 saturated carbocycles. The summed E-state index contributed by atoms with van der Waals surface area (Å²) in [5.41, 5.74) is 0.0513. The third-order valence-electron chi connectivity index (χ3n) is 6.87. The number of likely N-dealkylation sites (N-methyl/N-ethyl adjacent to an activating group) is 1. The largest absolute Gasteiger partial charge is 0.435 e. The molecule has 1 atom stereocenters. The van der Waals surface area contributed by atoms with E-state index in [1.165, 1.54) is 6.20 Å². The summed E-state index contributed by atoms with van der Waals surface area (Å²) in [5.74, 6) is 0.836. The quantitative estimate of drug-likeness (QED) is 0.473. The van der Waals surface area contributed by atoms with Crippen LogP contribution in [0.5, 0.6) is 11.8 Å². The molecule has 0 radical (unpaired) electrons. The van der Waals surface area contributed by atoms with Crippen LogP contribution in [-0.4, -0.2) is 61.5 Å². The average Bonchev–Trinajstić information content (AvgIpc) is 3.33. The van der Waals surface area contributed by atoms with Crippen molar-refractivity contribution in [2.75, 3.05) is 35.3 Å². The van der Waals surface area contributed by atoms with E-state index in [0.717, 1.165) is 28.4 Å². The van der Waals surface area contributed by atoms with Crippen LogP contribution in [0.2, 0.25) is 0 Å². The van der Waals surface area contributed by atoms with Gasteiger partial charge in [-0.25, -0.2) is 14.6 Å². The Hall–Kier alpha value is -3.94. The molecule has 0 aromatic carbocycles. The summed E-state index contributed by atoms with van der Waals surface area (Å²) in [4.78, 5) is 29.9. The highest BCUT2D eigenvalue weighted by molar-refractivity contribution is 6.08. The number of aromatic nitrogens is 5. The Balaban J connectivity index is 1.32. The fourth-order valence-corrected chi connectivity index (χ4v) is 4.52. The summed E-state index contributed by atoms with van der Waals surface area (Å²) in [7, 11) is 1.73. The van der Waals surface area contributed by atoms with Crippen LogP contribution in [0.3, 0.4) is 0 Å². The molecule has 0 saturated heterocycles. The second kappa shape index (κ2) is 9.42. The Morgan fingerprint density at radius 1 is 1.26 bits per heavy atom. The van der Waals surface area contributed by atoms with Gasteiger partial charge in [-0.15, -0.1) is 0 Å². The number of carbonyl (C=O) groups is 1. The SMILES string of the molecule is CCn1nc(C(F)(F)F)cc1Oc1ccc(CNc2nc3c4c(n2)N(C)[C@@](C)(CO)C(=O)N4CCC3)cn1. The minimum absolute atomic E-state index is 0.0545. The van der Waals surface area contributed by atoms with Crippen LogP contribution in [0.4, 0.5) is 30.6 Å². The fourth-order valence-electron chi connectivity index (χ4n) is 4.52. The summed E-state index contributed by atoms with van der Waals surface area (Å²) in [6.07, 6.45) is -1.58. The van der Waals surface area contributed by atoms with Gasteiger partial charge in [-0.05, 0) is 32.3 Å². The Kier molecular flexibility index (Phi) is 6.37. The van der Waals surface area contributed by atoms with E-state index in [2.05, 4.69) is 25.4 Å². The predicted octanol–water partition coefficient (Wildman–Crippen LogP) is 2.99. The molecule has 11 nitrogen and oxygen atoms in total. The lowest BCUT2D eigenvalue weighted by molar-refractivity contribution is -0.141. The van der Waals surface area contributed by atoms with Crippen LogP contribution < -0.4 is 19.9 Å². The van der Waals surface area contributed by atoms with Gasteiger partial charge in [0.25, 0.3) is 5.91 Å². The van der Waals surface area contributed by atoms with Gasteiger partial charge in [0, 0.05) is 45.0 Å². The molecule has 1 amide bonds. The third kappa shape index (κ3) is 4.38. The van der Waals surface area contributed by atoms with Crippen molar-refractivity contribution in [3.63, 3.8) is 0 Å². The maximum absolute atomic E-state index is 13.1. The first kappa shape index (κ1) is 25.7. The number of carbonyl (C=O) groups excluding carboxylic acids is 1. The lowest BCUT2D eigenvalue weighted by Crippen LogP contribution is -2.64. The molecule has 0 fully saturated rings. The van der Waals surface area contributed by atoms with Gasteiger partial charge in [0.05, 0.1) is 12.3 Å². The number of anilines is 3. The molecule has 38 heavy (non-hydrogen) atoms. The van der Waals surface area contributed by atoms with Crippen LogP contribution in [0, 0.1) is 0 Å². The number of hydrogen-bond donors (Lipinski definition) is 2. The van der Waals surface area contributed by atoms with Gasteiger partial charge in [0.15, 0.2) is 11.5 Å². The smallest absolute Gasteiger partial charge is 0.421 e. The first-order valence-electron chi connectivity index (χ1n) is 12.1.